The van der Waals surface area contributed by atoms with Crippen LogP contribution >= 0.6 is 0 Å². The number of rotatable bonds is 6. The highest BCUT2D eigenvalue weighted by molar-refractivity contribution is 5.99. The van der Waals surface area contributed by atoms with Crippen LogP contribution in [0.1, 0.15) is 24.2 Å². The summed E-state index contributed by atoms with van der Waals surface area (Å²) in [7, 11) is 3.89. The molecule has 1 aromatic rings. The Kier molecular flexibility index (Phi) is 5.91. The lowest BCUT2D eigenvalue weighted by molar-refractivity contribution is -0.131. The zero-order valence-electron chi connectivity index (χ0n) is 12.8. The summed E-state index contributed by atoms with van der Waals surface area (Å²) < 4.78 is 0. The van der Waals surface area contributed by atoms with Crippen LogP contribution in [0.15, 0.2) is 48.1 Å². The van der Waals surface area contributed by atoms with Crippen molar-refractivity contribution in [1.29, 1.82) is 0 Å². The number of hydrogen-bond acceptors (Lipinski definition) is 3. The Balaban J connectivity index is 2.82. The minimum Gasteiger partial charge on any atom is -0.478 e. The second-order valence-corrected chi connectivity index (χ2v) is 5.18. The summed E-state index contributed by atoms with van der Waals surface area (Å²) in [6, 6.07) is 7.43. The normalized spacial score (nSPS) is 13.2. The smallest absolute Gasteiger partial charge is 0.328 e. The molecule has 0 aliphatic rings. The van der Waals surface area contributed by atoms with Crippen molar-refractivity contribution in [2.45, 2.75) is 13.8 Å². The second kappa shape index (κ2) is 7.43. The number of carboxylic acid groups (broad SMARTS) is 1. The number of nitrogens with zero attached hydrogens (tertiary/aromatic N) is 1. The number of carboxylic acids is 1. The van der Waals surface area contributed by atoms with E-state index in [0.29, 0.717) is 5.56 Å². The van der Waals surface area contributed by atoms with Crippen LogP contribution in [0.25, 0.3) is 0 Å². The molecular formula is C17H21NO3. The van der Waals surface area contributed by atoms with Crippen LogP contribution in [-0.2, 0) is 4.79 Å². The van der Waals surface area contributed by atoms with Gasteiger partial charge in [-0.3, -0.25) is 4.79 Å². The van der Waals surface area contributed by atoms with Crippen LogP contribution in [-0.4, -0.2) is 31.0 Å². The van der Waals surface area contributed by atoms with Gasteiger partial charge in [-0.25, -0.2) is 4.79 Å². The molecule has 4 heteroatoms. The first-order valence-electron chi connectivity index (χ1n) is 6.72. The lowest BCUT2D eigenvalue weighted by atomic mass is 9.97. The van der Waals surface area contributed by atoms with Crippen molar-refractivity contribution in [3.8, 4) is 0 Å². The zero-order valence-corrected chi connectivity index (χ0v) is 12.8. The van der Waals surface area contributed by atoms with E-state index in [1.165, 1.54) is 6.08 Å². The van der Waals surface area contributed by atoms with Gasteiger partial charge in [0.15, 0.2) is 5.78 Å². The number of carbonyl (C=O) groups excluding carboxylic acids is 1. The van der Waals surface area contributed by atoms with Gasteiger partial charge in [-0.15, -0.1) is 0 Å². The molecule has 0 aliphatic heterocycles. The Morgan fingerprint density at radius 3 is 2.19 bits per heavy atom. The molecule has 1 N–H and O–H groups in total. The van der Waals surface area contributed by atoms with Gasteiger partial charge in [0, 0.05) is 37.3 Å². The predicted molar refractivity (Wildman–Crippen MR) is 84.8 cm³/mol. The fourth-order valence-corrected chi connectivity index (χ4v) is 1.92. The van der Waals surface area contributed by atoms with Gasteiger partial charge in [0.1, 0.15) is 0 Å². The molecule has 0 amide bonds. The molecule has 0 bridgehead atoms. The summed E-state index contributed by atoms with van der Waals surface area (Å²) >= 11 is 0. The molecule has 112 valence electrons. The molecule has 1 rings (SSSR count). The number of benzene rings is 1. The maximum absolute atomic E-state index is 12.3. The Hall–Kier alpha value is -2.36. The average Bonchev–Trinajstić information content (AvgIpc) is 2.44. The van der Waals surface area contributed by atoms with Crippen molar-refractivity contribution in [2.75, 3.05) is 19.0 Å². The highest BCUT2D eigenvalue weighted by Gasteiger charge is 2.13. The molecule has 0 spiro atoms. The summed E-state index contributed by atoms with van der Waals surface area (Å²) in [5.74, 6) is -1.28. The van der Waals surface area contributed by atoms with Crippen molar-refractivity contribution in [2.24, 2.45) is 5.92 Å². The number of hydrogen-bond donors (Lipinski definition) is 1. The Morgan fingerprint density at radius 1 is 1.14 bits per heavy atom. The number of carbonyl (C=O) groups is 2. The van der Waals surface area contributed by atoms with Gasteiger partial charge >= 0.3 is 5.97 Å². The zero-order chi connectivity index (χ0) is 16.0. The molecule has 0 fully saturated rings. The van der Waals surface area contributed by atoms with E-state index in [4.69, 9.17) is 5.11 Å². The van der Waals surface area contributed by atoms with Crippen molar-refractivity contribution in [3.63, 3.8) is 0 Å². The van der Waals surface area contributed by atoms with Crippen molar-refractivity contribution in [1.82, 2.24) is 0 Å². The summed E-state index contributed by atoms with van der Waals surface area (Å²) in [5.41, 5.74) is 2.44. The third-order valence-corrected chi connectivity index (χ3v) is 3.08. The molecule has 1 atom stereocenters. The minimum absolute atomic E-state index is 0.0170. The quantitative estimate of drug-likeness (QED) is 0.496. The second-order valence-electron chi connectivity index (χ2n) is 5.18. The molecule has 0 heterocycles. The lowest BCUT2D eigenvalue weighted by Crippen LogP contribution is -2.11. The van der Waals surface area contributed by atoms with Crippen molar-refractivity contribution >= 4 is 17.4 Å². The molecular weight excluding hydrogens is 266 g/mol. The Morgan fingerprint density at radius 2 is 1.71 bits per heavy atom. The van der Waals surface area contributed by atoms with Gasteiger partial charge in [0.2, 0.25) is 0 Å². The molecule has 21 heavy (non-hydrogen) atoms. The molecule has 0 saturated heterocycles. The first kappa shape index (κ1) is 16.7. The highest BCUT2D eigenvalue weighted by atomic mass is 16.4. The fraction of sp³-hybridized carbons (Fsp3) is 0.294. The fourth-order valence-electron chi connectivity index (χ4n) is 1.92. The van der Waals surface area contributed by atoms with E-state index in [-0.39, 0.29) is 11.7 Å². The largest absolute Gasteiger partial charge is 0.478 e. The predicted octanol–water partition coefficient (Wildman–Crippen LogP) is 3.16. The monoisotopic (exact) mass is 287 g/mol. The van der Waals surface area contributed by atoms with E-state index < -0.39 is 5.97 Å². The van der Waals surface area contributed by atoms with Gasteiger partial charge in [0.25, 0.3) is 0 Å². The van der Waals surface area contributed by atoms with Crippen LogP contribution in [0.2, 0.25) is 0 Å². The van der Waals surface area contributed by atoms with Crippen LogP contribution in [0, 0.1) is 5.92 Å². The molecule has 0 unspecified atom stereocenters. The summed E-state index contributed by atoms with van der Waals surface area (Å²) in [6.45, 7) is 3.58. The topological polar surface area (TPSA) is 57.6 Å². The minimum atomic E-state index is -0.999. The third kappa shape index (κ3) is 5.26. The van der Waals surface area contributed by atoms with Gasteiger partial charge in [-0.05, 0) is 31.2 Å². The summed E-state index contributed by atoms with van der Waals surface area (Å²) in [4.78, 5) is 24.7. The molecule has 0 aliphatic carbocycles. The standard InChI is InChI=1S/C17H21NO3/c1-12(5-10-16(19)20)11-13(2)17(21)14-6-8-15(9-7-14)18(3)4/h5-11,13H,1-4H3,(H,19,20)/b10-5+,12-11+/t13-/m1/s1. The van der Waals surface area contributed by atoms with E-state index in [1.54, 1.807) is 19.9 Å². The Labute approximate surface area is 125 Å². The maximum atomic E-state index is 12.3. The highest BCUT2D eigenvalue weighted by Crippen LogP contribution is 2.16. The van der Waals surface area contributed by atoms with Crippen LogP contribution in [0.3, 0.4) is 0 Å². The van der Waals surface area contributed by atoms with E-state index >= 15 is 0 Å². The number of allylic oxidation sites excluding steroid dienone is 3. The number of Topliss-reactive ketones (excluding diaryl/α,β-unsaturated/α-hetero) is 1. The van der Waals surface area contributed by atoms with Crippen LogP contribution in [0.4, 0.5) is 5.69 Å². The third-order valence-electron chi connectivity index (χ3n) is 3.08. The first-order chi connectivity index (χ1) is 9.81. The van der Waals surface area contributed by atoms with Gasteiger partial charge in [-0.1, -0.05) is 24.6 Å². The number of aliphatic carboxylic acids is 1. The molecule has 0 radical (unpaired) electrons. The first-order valence-corrected chi connectivity index (χ1v) is 6.72. The molecule has 0 aromatic heterocycles. The van der Waals surface area contributed by atoms with Crippen molar-refractivity contribution < 1.29 is 14.7 Å². The van der Waals surface area contributed by atoms with Crippen LogP contribution in [0.5, 0.6) is 0 Å². The van der Waals surface area contributed by atoms with E-state index in [0.717, 1.165) is 17.3 Å². The van der Waals surface area contributed by atoms with E-state index in [9.17, 15) is 9.59 Å². The number of ketones is 1. The van der Waals surface area contributed by atoms with Crippen LogP contribution < -0.4 is 4.90 Å². The Bertz CT molecular complexity index is 568. The van der Waals surface area contributed by atoms with Crippen molar-refractivity contribution in [3.05, 3.63) is 53.6 Å². The molecule has 1 aromatic carbocycles. The van der Waals surface area contributed by atoms with Gasteiger partial charge in [0.05, 0.1) is 0 Å². The van der Waals surface area contributed by atoms with E-state index in [2.05, 4.69) is 0 Å². The average molecular weight is 287 g/mol. The van der Waals surface area contributed by atoms with Gasteiger partial charge in [-0.2, -0.15) is 0 Å². The number of anilines is 1. The lowest BCUT2D eigenvalue weighted by Gasteiger charge is -2.13. The van der Waals surface area contributed by atoms with Gasteiger partial charge < -0.3 is 10.0 Å². The van der Waals surface area contributed by atoms with E-state index in [1.807, 2.05) is 43.3 Å². The molecule has 4 nitrogen and oxygen atoms in total. The summed E-state index contributed by atoms with van der Waals surface area (Å²) in [5, 5.41) is 8.57. The maximum Gasteiger partial charge on any atom is 0.328 e. The SMILES string of the molecule is CC(/C=C/C(=O)O)=C\[C@@H](C)C(=O)c1ccc(N(C)C)cc1. The summed E-state index contributed by atoms with van der Waals surface area (Å²) in [6.07, 6.45) is 4.32. The molecule has 0 saturated carbocycles.